The van der Waals surface area contributed by atoms with E-state index in [4.69, 9.17) is 11.6 Å². The highest BCUT2D eigenvalue weighted by molar-refractivity contribution is 7.98. The maximum absolute atomic E-state index is 13.1. The average Bonchev–Trinajstić information content (AvgIpc) is 3.23. The van der Waals surface area contributed by atoms with Crippen LogP contribution in [0.4, 0.5) is 0 Å². The number of rotatable bonds is 6. The summed E-state index contributed by atoms with van der Waals surface area (Å²) in [6, 6.07) is 11.9. The third kappa shape index (κ3) is 4.38. The highest BCUT2D eigenvalue weighted by Gasteiger charge is 2.26. The second-order valence-electron chi connectivity index (χ2n) is 6.71. The number of halogens is 1. The Morgan fingerprint density at radius 1 is 1.18 bits per heavy atom. The van der Waals surface area contributed by atoms with Crippen LogP contribution >= 0.6 is 23.4 Å². The zero-order valence-corrected chi connectivity index (χ0v) is 18.3. The predicted octanol–water partition coefficient (Wildman–Crippen LogP) is 4.12. The van der Waals surface area contributed by atoms with Gasteiger partial charge < -0.3 is 4.90 Å². The zero-order valence-electron chi connectivity index (χ0n) is 15.9. The van der Waals surface area contributed by atoms with Crippen molar-refractivity contribution in [3.63, 3.8) is 0 Å². The van der Waals surface area contributed by atoms with Gasteiger partial charge >= 0.3 is 0 Å². The lowest BCUT2D eigenvalue weighted by atomic mass is 10.2. The van der Waals surface area contributed by atoms with Crippen molar-refractivity contribution in [1.82, 2.24) is 9.21 Å². The molecule has 0 atom stereocenters. The molecule has 28 heavy (non-hydrogen) atoms. The van der Waals surface area contributed by atoms with E-state index >= 15 is 0 Å². The molecule has 2 aromatic carbocycles. The number of benzene rings is 2. The Morgan fingerprint density at radius 2 is 1.86 bits per heavy atom. The number of amides is 1. The van der Waals surface area contributed by atoms with Crippen LogP contribution in [0.25, 0.3) is 0 Å². The number of hydrogen-bond acceptors (Lipinski definition) is 4. The molecule has 0 unspecified atom stereocenters. The van der Waals surface area contributed by atoms with E-state index in [9.17, 15) is 13.2 Å². The largest absolute Gasteiger partial charge is 0.339 e. The number of hydrogen-bond donors (Lipinski definition) is 0. The van der Waals surface area contributed by atoms with E-state index in [1.807, 2.05) is 12.3 Å². The molecule has 1 aliphatic rings. The van der Waals surface area contributed by atoms with Crippen LogP contribution in [0, 0.1) is 0 Å². The van der Waals surface area contributed by atoms with Crippen molar-refractivity contribution < 1.29 is 13.2 Å². The number of thioether (sulfide) groups is 1. The van der Waals surface area contributed by atoms with Crippen molar-refractivity contribution in [1.29, 1.82) is 0 Å². The van der Waals surface area contributed by atoms with Crippen LogP contribution in [0.2, 0.25) is 5.02 Å². The quantitative estimate of drug-likeness (QED) is 0.636. The van der Waals surface area contributed by atoms with Crippen LogP contribution in [-0.4, -0.2) is 49.9 Å². The van der Waals surface area contributed by atoms with Gasteiger partial charge in [0.15, 0.2) is 0 Å². The molecule has 1 aliphatic heterocycles. The predicted molar refractivity (Wildman–Crippen MR) is 113 cm³/mol. The molecule has 0 saturated carbocycles. The molecule has 2 aromatic rings. The lowest BCUT2D eigenvalue weighted by Crippen LogP contribution is -2.29. The van der Waals surface area contributed by atoms with Crippen molar-refractivity contribution in [2.45, 2.75) is 29.2 Å². The van der Waals surface area contributed by atoms with Crippen molar-refractivity contribution in [2.75, 3.05) is 26.4 Å². The van der Waals surface area contributed by atoms with Gasteiger partial charge in [0.2, 0.25) is 10.0 Å². The first-order chi connectivity index (χ1) is 13.3. The molecule has 0 N–H and O–H groups in total. The molecule has 0 aliphatic carbocycles. The van der Waals surface area contributed by atoms with E-state index in [0.29, 0.717) is 10.6 Å². The first kappa shape index (κ1) is 21.2. The maximum Gasteiger partial charge on any atom is 0.255 e. The standard InChI is InChI=1S/C20H23ClN2O3S2/c1-22(14-15-7-3-4-8-18(15)21)28(25,26)16-9-10-19(27-2)17(13-16)20(24)23-11-5-6-12-23/h3-4,7-10,13H,5-6,11-12,14H2,1-2H3. The number of carbonyl (C=O) groups is 1. The van der Waals surface area contributed by atoms with Crippen molar-refractivity contribution in [2.24, 2.45) is 0 Å². The minimum atomic E-state index is -3.76. The van der Waals surface area contributed by atoms with Gasteiger partial charge in [-0.25, -0.2) is 8.42 Å². The molecule has 3 rings (SSSR count). The molecule has 1 saturated heterocycles. The SMILES string of the molecule is CSc1ccc(S(=O)(=O)N(C)Cc2ccccc2Cl)cc1C(=O)N1CCCC1. The van der Waals surface area contributed by atoms with Gasteiger partial charge in [-0.2, -0.15) is 4.31 Å². The fraction of sp³-hybridized carbons (Fsp3) is 0.350. The summed E-state index contributed by atoms with van der Waals surface area (Å²) >= 11 is 7.61. The Hall–Kier alpha value is -1.54. The highest BCUT2D eigenvalue weighted by Crippen LogP contribution is 2.28. The molecule has 0 radical (unpaired) electrons. The Labute approximate surface area is 175 Å². The third-order valence-electron chi connectivity index (χ3n) is 4.85. The van der Waals surface area contributed by atoms with Gasteiger partial charge in [-0.15, -0.1) is 11.8 Å². The molecule has 0 spiro atoms. The van der Waals surface area contributed by atoms with E-state index in [0.717, 1.165) is 36.4 Å². The Morgan fingerprint density at radius 3 is 2.50 bits per heavy atom. The number of carbonyl (C=O) groups excluding carboxylic acids is 1. The van der Waals surface area contributed by atoms with E-state index in [2.05, 4.69) is 0 Å². The summed E-state index contributed by atoms with van der Waals surface area (Å²) in [6.45, 7) is 1.59. The van der Waals surface area contributed by atoms with Crippen LogP contribution < -0.4 is 0 Å². The molecular formula is C20H23ClN2O3S2. The van der Waals surface area contributed by atoms with Gasteiger partial charge in [0.05, 0.1) is 10.5 Å². The van der Waals surface area contributed by atoms with E-state index in [1.165, 1.54) is 29.2 Å². The van der Waals surface area contributed by atoms with Crippen LogP contribution in [0.15, 0.2) is 52.3 Å². The topological polar surface area (TPSA) is 57.7 Å². The van der Waals surface area contributed by atoms with Crippen molar-refractivity contribution >= 4 is 39.3 Å². The first-order valence-corrected chi connectivity index (χ1v) is 12.1. The lowest BCUT2D eigenvalue weighted by molar-refractivity contribution is 0.0789. The zero-order chi connectivity index (χ0) is 20.3. The summed E-state index contributed by atoms with van der Waals surface area (Å²) in [6.07, 6.45) is 3.85. The Kier molecular flexibility index (Phi) is 6.70. The normalized spacial score (nSPS) is 14.6. The van der Waals surface area contributed by atoms with Gasteiger partial charge in [-0.05, 0) is 48.9 Å². The molecule has 0 aromatic heterocycles. The Bertz CT molecular complexity index is 973. The fourth-order valence-electron chi connectivity index (χ4n) is 3.24. The summed E-state index contributed by atoms with van der Waals surface area (Å²) in [7, 11) is -2.25. The lowest BCUT2D eigenvalue weighted by Gasteiger charge is -2.20. The molecular weight excluding hydrogens is 416 g/mol. The summed E-state index contributed by atoms with van der Waals surface area (Å²) in [4.78, 5) is 15.6. The van der Waals surface area contributed by atoms with E-state index in [-0.39, 0.29) is 17.3 Å². The monoisotopic (exact) mass is 438 g/mol. The summed E-state index contributed by atoms with van der Waals surface area (Å²) < 4.78 is 27.4. The summed E-state index contributed by atoms with van der Waals surface area (Å²) in [5.74, 6) is -0.104. The van der Waals surface area contributed by atoms with Gasteiger partial charge in [0.25, 0.3) is 5.91 Å². The number of sulfonamides is 1. The number of nitrogens with zero attached hydrogens (tertiary/aromatic N) is 2. The van der Waals surface area contributed by atoms with E-state index < -0.39 is 10.0 Å². The maximum atomic E-state index is 13.1. The molecule has 1 amide bonds. The van der Waals surface area contributed by atoms with Crippen LogP contribution in [0.1, 0.15) is 28.8 Å². The second-order valence-corrected chi connectivity index (χ2v) is 10.0. The van der Waals surface area contributed by atoms with Crippen molar-refractivity contribution in [3.05, 3.63) is 58.6 Å². The smallest absolute Gasteiger partial charge is 0.255 e. The van der Waals surface area contributed by atoms with Gasteiger partial charge in [-0.1, -0.05) is 29.8 Å². The fourth-order valence-corrected chi connectivity index (χ4v) is 5.18. The highest BCUT2D eigenvalue weighted by atomic mass is 35.5. The van der Waals surface area contributed by atoms with Crippen molar-refractivity contribution in [3.8, 4) is 0 Å². The molecule has 0 bridgehead atoms. The summed E-state index contributed by atoms with van der Waals surface area (Å²) in [5, 5.41) is 0.521. The molecule has 150 valence electrons. The van der Waals surface area contributed by atoms with Gasteiger partial charge in [-0.3, -0.25) is 4.79 Å². The Balaban J connectivity index is 1.92. The van der Waals surface area contributed by atoms with Gasteiger partial charge in [0.1, 0.15) is 0 Å². The first-order valence-electron chi connectivity index (χ1n) is 9.01. The second kappa shape index (κ2) is 8.86. The van der Waals surface area contributed by atoms with E-state index in [1.54, 1.807) is 35.2 Å². The summed E-state index contributed by atoms with van der Waals surface area (Å²) in [5.41, 5.74) is 1.17. The minimum Gasteiger partial charge on any atom is -0.339 e. The molecule has 8 heteroatoms. The molecule has 1 fully saturated rings. The third-order valence-corrected chi connectivity index (χ3v) is 7.82. The molecule has 1 heterocycles. The minimum absolute atomic E-state index is 0.104. The molecule has 5 nitrogen and oxygen atoms in total. The van der Waals surface area contributed by atoms with Crippen LogP contribution in [0.5, 0.6) is 0 Å². The average molecular weight is 439 g/mol. The number of likely N-dealkylation sites (tertiary alicyclic amines) is 1. The van der Waals surface area contributed by atoms with Gasteiger partial charge in [0, 0.05) is 36.6 Å². The van der Waals surface area contributed by atoms with Crippen LogP contribution in [-0.2, 0) is 16.6 Å². The van der Waals surface area contributed by atoms with Crippen LogP contribution in [0.3, 0.4) is 0 Å².